The van der Waals surface area contributed by atoms with Gasteiger partial charge in [-0.05, 0) is 32.1 Å². The molecule has 0 N–H and O–H groups in total. The van der Waals surface area contributed by atoms with Crippen LogP contribution in [0, 0.1) is 19.7 Å². The van der Waals surface area contributed by atoms with Crippen LogP contribution < -0.4 is 0 Å². The van der Waals surface area contributed by atoms with Crippen molar-refractivity contribution in [3.63, 3.8) is 0 Å². The van der Waals surface area contributed by atoms with Gasteiger partial charge in [-0.1, -0.05) is 18.2 Å². The summed E-state index contributed by atoms with van der Waals surface area (Å²) < 4.78 is 25.5. The van der Waals surface area contributed by atoms with Crippen molar-refractivity contribution in [1.29, 1.82) is 0 Å². The van der Waals surface area contributed by atoms with E-state index in [9.17, 15) is 14.0 Å². The largest absolute Gasteiger partial charge is 0.454 e. The van der Waals surface area contributed by atoms with Gasteiger partial charge in [-0.25, -0.2) is 9.18 Å². The molecule has 0 aliphatic heterocycles. The third kappa shape index (κ3) is 4.89. The van der Waals surface area contributed by atoms with Gasteiger partial charge in [0, 0.05) is 42.2 Å². The number of ketones is 1. The Hall–Kier alpha value is -2.73. The summed E-state index contributed by atoms with van der Waals surface area (Å²) in [6.07, 6.45) is 2.42. The Kier molecular flexibility index (Phi) is 6.86. The number of carbonyl (C=O) groups excluding carboxylic acids is 2. The monoisotopic (exact) mass is 359 g/mol. The fourth-order valence-corrected chi connectivity index (χ4v) is 2.64. The molecule has 0 saturated heterocycles. The quantitative estimate of drug-likeness (QED) is 0.412. The topological polar surface area (TPSA) is 57.5 Å². The van der Waals surface area contributed by atoms with Crippen molar-refractivity contribution in [3.05, 3.63) is 64.7 Å². The zero-order valence-corrected chi connectivity index (χ0v) is 15.1. The second-order valence-electron chi connectivity index (χ2n) is 5.81. The normalized spacial score (nSPS) is 11.1. The zero-order valence-electron chi connectivity index (χ0n) is 15.1. The van der Waals surface area contributed by atoms with Crippen molar-refractivity contribution < 1.29 is 23.5 Å². The van der Waals surface area contributed by atoms with Crippen LogP contribution in [0.5, 0.6) is 0 Å². The maximum atomic E-state index is 13.5. The third-order valence-electron chi connectivity index (χ3n) is 4.04. The molecule has 0 spiro atoms. The van der Waals surface area contributed by atoms with E-state index in [2.05, 4.69) is 0 Å². The van der Waals surface area contributed by atoms with Gasteiger partial charge in [0.25, 0.3) is 0 Å². The first-order valence-corrected chi connectivity index (χ1v) is 8.22. The molecule has 5 nitrogen and oxygen atoms in total. The van der Waals surface area contributed by atoms with Gasteiger partial charge >= 0.3 is 5.97 Å². The van der Waals surface area contributed by atoms with Gasteiger partial charge in [-0.15, -0.1) is 0 Å². The molecule has 0 unspecified atom stereocenters. The summed E-state index contributed by atoms with van der Waals surface area (Å²) in [7, 11) is 1.62. The molecule has 0 atom stereocenters. The van der Waals surface area contributed by atoms with E-state index in [4.69, 9.17) is 9.47 Å². The minimum atomic E-state index is -0.699. The molecule has 26 heavy (non-hydrogen) atoms. The number of ether oxygens (including phenoxy) is 2. The van der Waals surface area contributed by atoms with Gasteiger partial charge in [-0.3, -0.25) is 4.79 Å². The van der Waals surface area contributed by atoms with Gasteiger partial charge in [0.2, 0.25) is 5.78 Å². The summed E-state index contributed by atoms with van der Waals surface area (Å²) >= 11 is 0. The maximum absolute atomic E-state index is 13.5. The zero-order chi connectivity index (χ0) is 19.1. The van der Waals surface area contributed by atoms with E-state index in [1.54, 1.807) is 31.4 Å². The number of aromatic nitrogens is 1. The first-order valence-electron chi connectivity index (χ1n) is 8.22. The number of benzene rings is 1. The molecule has 1 aromatic carbocycles. The average molecular weight is 359 g/mol. The van der Waals surface area contributed by atoms with Crippen LogP contribution in [0.2, 0.25) is 0 Å². The molecular formula is C20H22FNO4. The number of halogens is 1. The summed E-state index contributed by atoms with van der Waals surface area (Å²) in [6.45, 7) is 4.57. The van der Waals surface area contributed by atoms with Crippen molar-refractivity contribution in [2.75, 3.05) is 20.3 Å². The van der Waals surface area contributed by atoms with Gasteiger partial charge in [-0.2, -0.15) is 0 Å². The molecule has 0 radical (unpaired) electrons. The molecule has 0 aliphatic rings. The molecular weight excluding hydrogens is 337 g/mol. The second kappa shape index (κ2) is 9.10. The highest BCUT2D eigenvalue weighted by Gasteiger charge is 2.16. The van der Waals surface area contributed by atoms with Crippen molar-refractivity contribution in [2.24, 2.45) is 0 Å². The van der Waals surface area contributed by atoms with E-state index < -0.39 is 11.8 Å². The third-order valence-corrected chi connectivity index (χ3v) is 4.04. The number of carbonyl (C=O) groups is 2. The van der Waals surface area contributed by atoms with E-state index in [0.717, 1.165) is 17.5 Å². The summed E-state index contributed by atoms with van der Waals surface area (Å²) in [5.41, 5.74) is 2.54. The maximum Gasteiger partial charge on any atom is 0.331 e. The summed E-state index contributed by atoms with van der Waals surface area (Å²) in [5, 5.41) is 0. The molecule has 0 amide bonds. The Balaban J connectivity index is 1.96. The van der Waals surface area contributed by atoms with E-state index in [-0.39, 0.29) is 18.0 Å². The lowest BCUT2D eigenvalue weighted by Crippen LogP contribution is -2.14. The molecule has 0 saturated carbocycles. The van der Waals surface area contributed by atoms with Crippen LogP contribution in [0.25, 0.3) is 6.08 Å². The lowest BCUT2D eigenvalue weighted by Gasteiger charge is -2.08. The average Bonchev–Trinajstić information content (AvgIpc) is 2.91. The van der Waals surface area contributed by atoms with Crippen molar-refractivity contribution in [1.82, 2.24) is 4.57 Å². The predicted octanol–water partition coefficient (Wildman–Crippen LogP) is 3.33. The van der Waals surface area contributed by atoms with Crippen LogP contribution >= 0.6 is 0 Å². The highest BCUT2D eigenvalue weighted by Crippen LogP contribution is 2.16. The molecule has 0 aliphatic carbocycles. The highest BCUT2D eigenvalue weighted by atomic mass is 19.1. The fourth-order valence-electron chi connectivity index (χ4n) is 2.64. The molecule has 6 heteroatoms. The number of esters is 1. The van der Waals surface area contributed by atoms with Gasteiger partial charge in [0.05, 0.1) is 6.61 Å². The smallest absolute Gasteiger partial charge is 0.331 e. The molecule has 138 valence electrons. The lowest BCUT2D eigenvalue weighted by atomic mass is 10.1. The Morgan fingerprint density at radius 2 is 1.96 bits per heavy atom. The van der Waals surface area contributed by atoms with Crippen LogP contribution in [-0.2, 0) is 20.8 Å². The Labute approximate surface area is 152 Å². The summed E-state index contributed by atoms with van der Waals surface area (Å²) in [4.78, 5) is 24.1. The van der Waals surface area contributed by atoms with E-state index in [1.165, 1.54) is 12.1 Å². The van der Waals surface area contributed by atoms with Gasteiger partial charge in [0.1, 0.15) is 5.82 Å². The Bertz CT molecular complexity index is 823. The number of hydrogen-bond acceptors (Lipinski definition) is 4. The van der Waals surface area contributed by atoms with Crippen LogP contribution in [-0.4, -0.2) is 36.6 Å². The Morgan fingerprint density at radius 1 is 1.23 bits per heavy atom. The van der Waals surface area contributed by atoms with Gasteiger partial charge < -0.3 is 14.0 Å². The van der Waals surface area contributed by atoms with E-state index in [1.807, 2.05) is 18.4 Å². The summed E-state index contributed by atoms with van der Waals surface area (Å²) in [5.74, 6) is -1.42. The van der Waals surface area contributed by atoms with E-state index in [0.29, 0.717) is 18.7 Å². The molecule has 2 rings (SSSR count). The van der Waals surface area contributed by atoms with Crippen LogP contribution in [0.15, 0.2) is 36.4 Å². The minimum absolute atomic E-state index is 0.275. The van der Waals surface area contributed by atoms with Crippen LogP contribution in [0.4, 0.5) is 4.39 Å². The Morgan fingerprint density at radius 3 is 2.65 bits per heavy atom. The number of methoxy groups -OCH3 is 1. The number of nitrogens with zero attached hydrogens (tertiary/aromatic N) is 1. The molecule has 0 fully saturated rings. The number of hydrogen-bond donors (Lipinski definition) is 0. The first-order chi connectivity index (χ1) is 12.4. The highest BCUT2D eigenvalue weighted by molar-refractivity contribution is 6.00. The van der Waals surface area contributed by atoms with Gasteiger partial charge in [0.15, 0.2) is 6.61 Å². The first kappa shape index (κ1) is 19.6. The van der Waals surface area contributed by atoms with Crippen molar-refractivity contribution in [2.45, 2.75) is 20.4 Å². The molecule has 1 heterocycles. The number of Topliss-reactive ketones (excluding diaryl/α,β-unsaturated/α-hetero) is 1. The molecule has 2 aromatic rings. The number of aryl methyl sites for hydroxylation is 1. The summed E-state index contributed by atoms with van der Waals surface area (Å²) in [6, 6.07) is 7.84. The second-order valence-corrected chi connectivity index (χ2v) is 5.81. The predicted molar refractivity (Wildman–Crippen MR) is 96.5 cm³/mol. The standard InChI is InChI=1S/C20H22FNO4/c1-14-12-17(15(2)22(14)10-11-25-3)19(23)13-26-20(24)9-8-16-6-4-5-7-18(16)21/h4-9,12H,10-11,13H2,1-3H3/b9-8+. The van der Waals surface area contributed by atoms with Crippen LogP contribution in [0.3, 0.4) is 0 Å². The van der Waals surface area contributed by atoms with E-state index >= 15 is 0 Å². The van der Waals surface area contributed by atoms with Crippen molar-refractivity contribution >= 4 is 17.8 Å². The number of rotatable bonds is 8. The fraction of sp³-hybridized carbons (Fsp3) is 0.300. The molecule has 0 bridgehead atoms. The SMILES string of the molecule is COCCn1c(C)cc(C(=O)COC(=O)/C=C/c2ccccc2F)c1C. The lowest BCUT2D eigenvalue weighted by molar-refractivity contribution is -0.136. The van der Waals surface area contributed by atoms with Crippen LogP contribution in [0.1, 0.15) is 27.3 Å². The minimum Gasteiger partial charge on any atom is -0.454 e. The molecule has 1 aromatic heterocycles. The van der Waals surface area contributed by atoms with Crippen molar-refractivity contribution in [3.8, 4) is 0 Å².